The summed E-state index contributed by atoms with van der Waals surface area (Å²) in [5, 5.41) is 4.98. The minimum absolute atomic E-state index is 0.0181. The summed E-state index contributed by atoms with van der Waals surface area (Å²) in [6.07, 6.45) is 5.24. The zero-order valence-electron chi connectivity index (χ0n) is 34.3. The smallest absolute Gasteiger partial charge is 0.317 e. The van der Waals surface area contributed by atoms with Crippen molar-refractivity contribution in [3.8, 4) is 23.0 Å². The van der Waals surface area contributed by atoms with Crippen LogP contribution in [0.15, 0.2) is 48.8 Å². The Labute approximate surface area is 353 Å². The first kappa shape index (κ1) is 38.5. The lowest BCUT2D eigenvalue weighted by molar-refractivity contribution is -0.133. The molecule has 6 aliphatic rings. The lowest BCUT2D eigenvalue weighted by atomic mass is 9.92. The fraction of sp³-hybridized carbons (Fsp3) is 0.442. The number of benzene rings is 2. The standard InChI is InChI=1S/C43H43F3N12O4/c1-4-61-29-19-53(3)41(60)36-16-28(62-43-47-10-9-33(50-43)30-11-24(45)13-34-38(30)54(21-29)22(2)49-34)20-56(36)39-31-17-48-58(35-8-5-23(44)12-32(35)46)40(31)52-42(51-39)57-26-14-27(57)18-55(25-6-7-25)37(59)15-26/h5,8-13,17,25-29,36H,4,6-7,14-16,18-21H2,1-3H3/t26-,27+,28-,29-,36-/m0/s1. The first-order valence-electron chi connectivity index (χ1n) is 21.1. The van der Waals surface area contributed by atoms with Crippen molar-refractivity contribution < 1.29 is 32.2 Å². The fourth-order valence-electron chi connectivity index (χ4n) is 9.87. The van der Waals surface area contributed by atoms with E-state index in [0.717, 1.165) is 31.4 Å². The molecule has 62 heavy (non-hydrogen) atoms. The molecule has 19 heteroatoms. The average molecular weight is 849 g/mol. The Morgan fingerprint density at radius 2 is 1.74 bits per heavy atom. The highest BCUT2D eigenvalue weighted by Gasteiger charge is 2.50. The number of aryl methyl sites for hydroxylation is 1. The van der Waals surface area contributed by atoms with Crippen molar-refractivity contribution in [3.63, 3.8) is 0 Å². The van der Waals surface area contributed by atoms with Crippen LogP contribution < -0.4 is 14.5 Å². The van der Waals surface area contributed by atoms with Gasteiger partial charge in [0, 0.05) is 75.6 Å². The van der Waals surface area contributed by atoms with Crippen molar-refractivity contribution in [3.05, 3.63) is 72.1 Å². The second-order valence-corrected chi connectivity index (χ2v) is 16.9. The number of fused-ring (bicyclic) bond motifs is 9. The molecule has 4 saturated heterocycles. The number of aromatic nitrogens is 8. The summed E-state index contributed by atoms with van der Waals surface area (Å²) >= 11 is 0. The van der Waals surface area contributed by atoms with E-state index in [9.17, 15) is 14.0 Å². The Hall–Kier alpha value is -6.37. The topological polar surface area (TPSA) is 153 Å². The summed E-state index contributed by atoms with van der Waals surface area (Å²) in [7, 11) is 1.73. The number of hydrogen-bond acceptors (Lipinski definition) is 12. The van der Waals surface area contributed by atoms with E-state index in [-0.39, 0.29) is 66.8 Å². The third kappa shape index (κ3) is 6.46. The molecule has 5 fully saturated rings. The zero-order valence-corrected chi connectivity index (χ0v) is 34.3. The van der Waals surface area contributed by atoms with Crippen LogP contribution in [0.5, 0.6) is 6.01 Å². The molecule has 6 aromatic rings. The molecule has 2 aromatic carbocycles. The average Bonchev–Trinajstić information content (AvgIpc) is 3.83. The Morgan fingerprint density at radius 3 is 2.55 bits per heavy atom. The van der Waals surface area contributed by atoms with Crippen LogP contribution in [0.1, 0.15) is 44.9 Å². The molecule has 4 aromatic heterocycles. The van der Waals surface area contributed by atoms with Gasteiger partial charge in [0.2, 0.25) is 17.8 Å². The number of carbonyl (C=O) groups is 2. The Kier molecular flexibility index (Phi) is 9.10. The van der Waals surface area contributed by atoms with Crippen LogP contribution >= 0.6 is 0 Å². The molecule has 2 amide bonds. The molecule has 0 unspecified atom stereocenters. The predicted octanol–water partition coefficient (Wildman–Crippen LogP) is 4.59. The molecular formula is C43H43F3N12O4. The number of anilines is 2. The summed E-state index contributed by atoms with van der Waals surface area (Å²) in [5.74, 6) is -0.843. The van der Waals surface area contributed by atoms with Crippen LogP contribution in [0, 0.1) is 24.4 Å². The van der Waals surface area contributed by atoms with Gasteiger partial charge in [0.15, 0.2) is 11.5 Å². The number of likely N-dealkylation sites (N-methyl/N-ethyl adjacent to an activating group) is 1. The lowest BCUT2D eigenvalue weighted by Crippen LogP contribution is -2.58. The molecule has 320 valence electrons. The van der Waals surface area contributed by atoms with Gasteiger partial charge in [-0.2, -0.15) is 20.1 Å². The number of ether oxygens (including phenoxy) is 2. The maximum Gasteiger partial charge on any atom is 0.317 e. The third-order valence-electron chi connectivity index (χ3n) is 12.9. The van der Waals surface area contributed by atoms with Gasteiger partial charge in [0.1, 0.15) is 41.1 Å². The number of rotatable bonds is 6. The summed E-state index contributed by atoms with van der Waals surface area (Å²) < 4.78 is 60.9. The quantitative estimate of drug-likeness (QED) is 0.231. The Balaban J connectivity index is 1.04. The number of imidazole rings is 1. The molecule has 9 heterocycles. The van der Waals surface area contributed by atoms with Crippen LogP contribution in [0.25, 0.3) is 39.0 Å². The molecule has 5 atom stereocenters. The molecule has 16 nitrogen and oxygen atoms in total. The van der Waals surface area contributed by atoms with E-state index in [2.05, 4.69) is 20.0 Å². The van der Waals surface area contributed by atoms with Crippen LogP contribution in [0.2, 0.25) is 0 Å². The molecule has 1 aliphatic carbocycles. The van der Waals surface area contributed by atoms with Gasteiger partial charge in [-0.05, 0) is 57.4 Å². The molecule has 0 N–H and O–H groups in total. The second kappa shape index (κ2) is 14.6. The van der Waals surface area contributed by atoms with Gasteiger partial charge in [-0.3, -0.25) is 9.59 Å². The normalized spacial score (nSPS) is 24.0. The lowest BCUT2D eigenvalue weighted by Gasteiger charge is -2.47. The summed E-state index contributed by atoms with van der Waals surface area (Å²) in [4.78, 5) is 60.0. The molecule has 5 aliphatic heterocycles. The van der Waals surface area contributed by atoms with E-state index in [1.54, 1.807) is 24.2 Å². The molecule has 0 radical (unpaired) electrons. The number of hydrogen-bond donors (Lipinski definition) is 0. The van der Waals surface area contributed by atoms with Gasteiger partial charge in [0.05, 0.1) is 53.5 Å². The van der Waals surface area contributed by atoms with Gasteiger partial charge in [-0.1, -0.05) is 0 Å². The number of amides is 2. The van der Waals surface area contributed by atoms with Crippen LogP contribution in [-0.2, 0) is 20.9 Å². The predicted molar refractivity (Wildman–Crippen MR) is 219 cm³/mol. The van der Waals surface area contributed by atoms with Crippen molar-refractivity contribution in [1.82, 2.24) is 49.1 Å². The molecular weight excluding hydrogens is 806 g/mol. The first-order valence-corrected chi connectivity index (χ1v) is 21.1. The van der Waals surface area contributed by atoms with Gasteiger partial charge < -0.3 is 33.6 Å². The highest BCUT2D eigenvalue weighted by atomic mass is 19.1. The highest BCUT2D eigenvalue weighted by molar-refractivity contribution is 5.94. The Bertz CT molecular complexity index is 2800. The zero-order chi connectivity index (χ0) is 42.6. The van der Waals surface area contributed by atoms with Crippen molar-refractivity contribution in [1.29, 1.82) is 0 Å². The molecule has 0 spiro atoms. The fourth-order valence-corrected chi connectivity index (χ4v) is 9.87. The highest BCUT2D eigenvalue weighted by Crippen LogP contribution is 2.42. The van der Waals surface area contributed by atoms with E-state index in [4.69, 9.17) is 24.4 Å². The van der Waals surface area contributed by atoms with E-state index in [0.29, 0.717) is 71.4 Å². The monoisotopic (exact) mass is 848 g/mol. The van der Waals surface area contributed by atoms with E-state index in [1.165, 1.54) is 29.1 Å². The Morgan fingerprint density at radius 1 is 0.887 bits per heavy atom. The van der Waals surface area contributed by atoms with Crippen molar-refractivity contribution in [2.24, 2.45) is 0 Å². The van der Waals surface area contributed by atoms with Gasteiger partial charge in [0.25, 0.3) is 0 Å². The SMILES string of the molecule is CCO[C@H]1CN(C)C(=O)[C@@H]2C[C@@H](CN2c2nc(N3[C@@H]4CC(=O)N(C5CC5)C[C@H]3C4)nc3c2cnn3-c2ccc(F)cc2F)Oc2nccc(n2)-c2cc(F)cc3nc(C)n(c23)C1. The van der Waals surface area contributed by atoms with Gasteiger partial charge in [-0.25, -0.2) is 27.8 Å². The maximum atomic E-state index is 15.5. The minimum atomic E-state index is -0.833. The van der Waals surface area contributed by atoms with Crippen molar-refractivity contribution >= 4 is 45.6 Å². The molecule has 12 rings (SSSR count). The summed E-state index contributed by atoms with van der Waals surface area (Å²) in [6, 6.07) is 7.01. The van der Waals surface area contributed by atoms with E-state index < -0.39 is 35.7 Å². The first-order chi connectivity index (χ1) is 30.0. The van der Waals surface area contributed by atoms with Gasteiger partial charge >= 0.3 is 6.01 Å². The van der Waals surface area contributed by atoms with Crippen molar-refractivity contribution in [2.75, 3.05) is 43.1 Å². The number of halogens is 3. The number of carbonyl (C=O) groups excluding carboxylic acids is 2. The second-order valence-electron chi connectivity index (χ2n) is 16.9. The third-order valence-corrected chi connectivity index (χ3v) is 12.9. The summed E-state index contributed by atoms with van der Waals surface area (Å²) in [6.45, 7) is 5.33. The summed E-state index contributed by atoms with van der Waals surface area (Å²) in [5.41, 5.74) is 2.30. The van der Waals surface area contributed by atoms with Crippen LogP contribution in [0.3, 0.4) is 0 Å². The van der Waals surface area contributed by atoms with Gasteiger partial charge in [-0.15, -0.1) is 0 Å². The van der Waals surface area contributed by atoms with E-state index >= 15 is 8.78 Å². The molecule has 1 saturated carbocycles. The maximum absolute atomic E-state index is 15.5. The largest absolute Gasteiger partial charge is 0.458 e. The van der Waals surface area contributed by atoms with Crippen LogP contribution in [-0.4, -0.2) is 131 Å². The molecule has 6 bridgehead atoms. The minimum Gasteiger partial charge on any atom is -0.458 e. The van der Waals surface area contributed by atoms with Crippen LogP contribution in [0.4, 0.5) is 24.9 Å². The van der Waals surface area contributed by atoms with Crippen molar-refractivity contribution in [2.45, 2.75) is 88.9 Å². The number of nitrogens with zero attached hydrogens (tertiary/aromatic N) is 12. The van der Waals surface area contributed by atoms with E-state index in [1.807, 2.05) is 28.2 Å².